The van der Waals surface area contributed by atoms with Crippen LogP contribution in [0.5, 0.6) is 5.75 Å². The van der Waals surface area contributed by atoms with Crippen molar-refractivity contribution in [3.05, 3.63) is 59.1 Å². The molecular weight excluding hydrogens is 264 g/mol. The molecule has 0 bridgehead atoms. The van der Waals surface area contributed by atoms with Gasteiger partial charge in [-0.25, -0.2) is 4.79 Å². The highest BCUT2D eigenvalue weighted by Crippen LogP contribution is 2.20. The summed E-state index contributed by atoms with van der Waals surface area (Å²) in [5.41, 5.74) is 1.46. The zero-order valence-electron chi connectivity index (χ0n) is 10.1. The van der Waals surface area contributed by atoms with Crippen molar-refractivity contribution in [1.29, 1.82) is 0 Å². The number of phenols is 1. The highest BCUT2D eigenvalue weighted by molar-refractivity contribution is 6.33. The Balaban J connectivity index is 1.88. The number of rotatable bonds is 3. The van der Waals surface area contributed by atoms with Crippen molar-refractivity contribution in [2.24, 2.45) is 0 Å². The Bertz CT molecular complexity index is 570. The predicted octanol–water partition coefficient (Wildman–Crippen LogP) is 3.37. The molecule has 0 aromatic heterocycles. The summed E-state index contributed by atoms with van der Waals surface area (Å²) in [4.78, 5) is 11.7. The normalized spacial score (nSPS) is 9.95. The molecule has 4 nitrogen and oxygen atoms in total. The van der Waals surface area contributed by atoms with E-state index in [4.69, 9.17) is 16.7 Å². The van der Waals surface area contributed by atoms with Crippen LogP contribution in [0.15, 0.2) is 48.5 Å². The van der Waals surface area contributed by atoms with E-state index in [0.29, 0.717) is 17.3 Å². The predicted molar refractivity (Wildman–Crippen MR) is 75.4 cm³/mol. The minimum Gasteiger partial charge on any atom is -0.508 e. The summed E-state index contributed by atoms with van der Waals surface area (Å²) in [5.74, 6) is 0.198. The minimum absolute atomic E-state index is 0.198. The second kappa shape index (κ2) is 6.11. The van der Waals surface area contributed by atoms with E-state index in [2.05, 4.69) is 10.6 Å². The first-order valence-corrected chi connectivity index (χ1v) is 6.10. The molecule has 2 amide bonds. The largest absolute Gasteiger partial charge is 0.508 e. The molecule has 2 aromatic rings. The zero-order valence-corrected chi connectivity index (χ0v) is 10.8. The number of carbonyl (C=O) groups excluding carboxylic acids is 1. The lowest BCUT2D eigenvalue weighted by Gasteiger charge is -2.09. The van der Waals surface area contributed by atoms with Crippen molar-refractivity contribution in [3.8, 4) is 5.75 Å². The third-order valence-electron chi connectivity index (χ3n) is 2.51. The van der Waals surface area contributed by atoms with Gasteiger partial charge in [-0.1, -0.05) is 35.9 Å². The molecular formula is C14H13ClN2O2. The second-order valence-corrected chi connectivity index (χ2v) is 4.36. The maximum atomic E-state index is 11.7. The van der Waals surface area contributed by atoms with Gasteiger partial charge in [0.05, 0.1) is 10.7 Å². The number of anilines is 1. The molecule has 0 unspecified atom stereocenters. The summed E-state index contributed by atoms with van der Waals surface area (Å²) in [7, 11) is 0. The van der Waals surface area contributed by atoms with Gasteiger partial charge in [0, 0.05) is 6.54 Å². The number of nitrogens with one attached hydrogen (secondary N) is 2. The van der Waals surface area contributed by atoms with Crippen molar-refractivity contribution in [2.45, 2.75) is 6.54 Å². The van der Waals surface area contributed by atoms with E-state index in [-0.39, 0.29) is 11.8 Å². The first-order chi connectivity index (χ1) is 9.15. The van der Waals surface area contributed by atoms with Crippen LogP contribution in [0.2, 0.25) is 5.02 Å². The third-order valence-corrected chi connectivity index (χ3v) is 2.84. The smallest absolute Gasteiger partial charge is 0.319 e. The highest BCUT2D eigenvalue weighted by atomic mass is 35.5. The molecule has 0 saturated heterocycles. The van der Waals surface area contributed by atoms with E-state index in [0.717, 1.165) is 5.56 Å². The van der Waals surface area contributed by atoms with Gasteiger partial charge >= 0.3 is 6.03 Å². The van der Waals surface area contributed by atoms with Gasteiger partial charge in [0.1, 0.15) is 5.75 Å². The number of aromatic hydroxyl groups is 1. The Hall–Kier alpha value is -2.20. The van der Waals surface area contributed by atoms with Crippen LogP contribution in [0, 0.1) is 0 Å². The lowest BCUT2D eigenvalue weighted by Crippen LogP contribution is -2.28. The average Bonchev–Trinajstić information content (AvgIpc) is 2.41. The molecule has 0 aliphatic heterocycles. The number of urea groups is 1. The summed E-state index contributed by atoms with van der Waals surface area (Å²) in [6, 6.07) is 13.3. The van der Waals surface area contributed by atoms with Gasteiger partial charge in [-0.3, -0.25) is 0 Å². The Labute approximate surface area is 116 Å². The van der Waals surface area contributed by atoms with Gasteiger partial charge in [-0.2, -0.15) is 0 Å². The van der Waals surface area contributed by atoms with Crippen molar-refractivity contribution >= 4 is 23.3 Å². The molecule has 0 saturated carbocycles. The summed E-state index contributed by atoms with van der Waals surface area (Å²) in [6.45, 7) is 0.372. The van der Waals surface area contributed by atoms with E-state index < -0.39 is 0 Å². The second-order valence-electron chi connectivity index (χ2n) is 3.95. The molecule has 0 spiro atoms. The van der Waals surface area contributed by atoms with Crippen molar-refractivity contribution < 1.29 is 9.90 Å². The monoisotopic (exact) mass is 276 g/mol. The number of benzene rings is 2. The number of carbonyl (C=O) groups is 1. The molecule has 0 aliphatic rings. The topological polar surface area (TPSA) is 61.4 Å². The molecule has 0 heterocycles. The zero-order chi connectivity index (χ0) is 13.7. The molecule has 0 radical (unpaired) electrons. The van der Waals surface area contributed by atoms with Crippen LogP contribution in [0.1, 0.15) is 5.56 Å². The third kappa shape index (κ3) is 3.89. The average molecular weight is 277 g/mol. The fourth-order valence-corrected chi connectivity index (χ4v) is 1.71. The minimum atomic E-state index is -0.332. The molecule has 2 rings (SSSR count). The van der Waals surface area contributed by atoms with E-state index >= 15 is 0 Å². The molecule has 0 atom stereocenters. The van der Waals surface area contributed by atoms with Crippen molar-refractivity contribution in [1.82, 2.24) is 5.32 Å². The van der Waals surface area contributed by atoms with Crippen LogP contribution in [0.3, 0.4) is 0 Å². The van der Waals surface area contributed by atoms with E-state index in [9.17, 15) is 4.79 Å². The van der Waals surface area contributed by atoms with Gasteiger partial charge in [-0.05, 0) is 29.8 Å². The Morgan fingerprint density at radius 1 is 1.11 bits per heavy atom. The van der Waals surface area contributed by atoms with Gasteiger partial charge in [0.25, 0.3) is 0 Å². The quantitative estimate of drug-likeness (QED) is 0.805. The lowest BCUT2D eigenvalue weighted by atomic mass is 10.2. The maximum absolute atomic E-state index is 11.7. The first kappa shape index (κ1) is 13.2. The lowest BCUT2D eigenvalue weighted by molar-refractivity contribution is 0.251. The molecule has 0 aliphatic carbocycles. The van der Waals surface area contributed by atoms with Gasteiger partial charge in [-0.15, -0.1) is 0 Å². The van der Waals surface area contributed by atoms with Gasteiger partial charge in [0.15, 0.2) is 0 Å². The summed E-state index contributed by atoms with van der Waals surface area (Å²) < 4.78 is 0. The van der Waals surface area contributed by atoms with Gasteiger partial charge in [0.2, 0.25) is 0 Å². The SMILES string of the molecule is O=C(NCc1ccc(O)cc1)Nc1ccccc1Cl. The molecule has 98 valence electrons. The fourth-order valence-electron chi connectivity index (χ4n) is 1.53. The Kier molecular flexibility index (Phi) is 4.26. The van der Waals surface area contributed by atoms with Crippen LogP contribution in [-0.4, -0.2) is 11.1 Å². The molecule has 0 fully saturated rings. The number of hydrogen-bond acceptors (Lipinski definition) is 2. The Morgan fingerprint density at radius 3 is 2.47 bits per heavy atom. The van der Waals surface area contributed by atoms with Crippen LogP contribution in [0.25, 0.3) is 0 Å². The van der Waals surface area contributed by atoms with E-state index in [1.54, 1.807) is 48.5 Å². The molecule has 5 heteroatoms. The number of amides is 2. The fraction of sp³-hybridized carbons (Fsp3) is 0.0714. The number of hydrogen-bond donors (Lipinski definition) is 3. The van der Waals surface area contributed by atoms with Crippen LogP contribution < -0.4 is 10.6 Å². The maximum Gasteiger partial charge on any atom is 0.319 e. The standard InChI is InChI=1S/C14H13ClN2O2/c15-12-3-1-2-4-13(12)17-14(19)16-9-10-5-7-11(18)8-6-10/h1-8,18H,9H2,(H2,16,17,19). The summed E-state index contributed by atoms with van der Waals surface area (Å²) in [5, 5.41) is 15.0. The summed E-state index contributed by atoms with van der Waals surface area (Å²) in [6.07, 6.45) is 0. The number of phenolic OH excluding ortho intramolecular Hbond substituents is 1. The number of halogens is 1. The summed E-state index contributed by atoms with van der Waals surface area (Å²) >= 11 is 5.93. The van der Waals surface area contributed by atoms with Crippen LogP contribution >= 0.6 is 11.6 Å². The molecule has 19 heavy (non-hydrogen) atoms. The van der Waals surface area contributed by atoms with Crippen molar-refractivity contribution in [3.63, 3.8) is 0 Å². The Morgan fingerprint density at radius 2 is 1.79 bits per heavy atom. The van der Waals surface area contributed by atoms with E-state index in [1.807, 2.05) is 0 Å². The van der Waals surface area contributed by atoms with Crippen LogP contribution in [0.4, 0.5) is 10.5 Å². The van der Waals surface area contributed by atoms with Crippen LogP contribution in [-0.2, 0) is 6.54 Å². The first-order valence-electron chi connectivity index (χ1n) is 5.72. The molecule has 3 N–H and O–H groups in total. The highest BCUT2D eigenvalue weighted by Gasteiger charge is 2.04. The number of para-hydroxylation sites is 1. The van der Waals surface area contributed by atoms with E-state index in [1.165, 1.54) is 0 Å². The van der Waals surface area contributed by atoms with Crippen molar-refractivity contribution in [2.75, 3.05) is 5.32 Å². The molecule has 2 aromatic carbocycles. The van der Waals surface area contributed by atoms with Gasteiger partial charge < -0.3 is 15.7 Å².